The SMILES string of the molecule is O=C(Nc1cccc(-c2cc(-c3cccc(S(=O)(=O)CF)c3)no2)c1)C(Cl)Cl. The largest absolute Gasteiger partial charge is 0.356 e. The van der Waals surface area contributed by atoms with Crippen molar-refractivity contribution in [3.63, 3.8) is 0 Å². The number of aromatic nitrogens is 1. The Hall–Kier alpha value is -2.42. The van der Waals surface area contributed by atoms with Crippen LogP contribution in [-0.2, 0) is 14.6 Å². The van der Waals surface area contributed by atoms with Crippen molar-refractivity contribution >= 4 is 44.6 Å². The fourth-order valence-corrected chi connectivity index (χ4v) is 3.23. The zero-order valence-corrected chi connectivity index (χ0v) is 16.4. The molecule has 6 nitrogen and oxygen atoms in total. The molecule has 0 aliphatic heterocycles. The number of hydrogen-bond acceptors (Lipinski definition) is 5. The lowest BCUT2D eigenvalue weighted by molar-refractivity contribution is -0.114. The molecule has 1 aromatic heterocycles. The highest BCUT2D eigenvalue weighted by Gasteiger charge is 2.17. The number of carbonyl (C=O) groups is 1. The minimum absolute atomic E-state index is 0.140. The van der Waals surface area contributed by atoms with Crippen LogP contribution in [-0.4, -0.2) is 30.3 Å². The third kappa shape index (κ3) is 4.52. The summed E-state index contributed by atoms with van der Waals surface area (Å²) >= 11 is 11.0. The molecule has 2 aromatic carbocycles. The van der Waals surface area contributed by atoms with E-state index in [0.717, 1.165) is 0 Å². The predicted molar refractivity (Wildman–Crippen MR) is 105 cm³/mol. The molecule has 1 heterocycles. The number of rotatable bonds is 6. The van der Waals surface area contributed by atoms with E-state index in [1.54, 1.807) is 36.4 Å². The van der Waals surface area contributed by atoms with E-state index >= 15 is 0 Å². The van der Waals surface area contributed by atoms with E-state index in [2.05, 4.69) is 10.5 Å². The maximum Gasteiger partial charge on any atom is 0.257 e. The van der Waals surface area contributed by atoms with Gasteiger partial charge in [-0.1, -0.05) is 52.6 Å². The summed E-state index contributed by atoms with van der Waals surface area (Å²) < 4.78 is 41.5. The smallest absolute Gasteiger partial charge is 0.257 e. The maximum atomic E-state index is 12.7. The Kier molecular flexibility index (Phi) is 6.02. The summed E-state index contributed by atoms with van der Waals surface area (Å²) in [6.07, 6.45) is 0. The third-order valence-electron chi connectivity index (χ3n) is 3.76. The molecule has 0 saturated heterocycles. The molecule has 0 radical (unpaired) electrons. The molecular weight excluding hydrogens is 430 g/mol. The van der Waals surface area contributed by atoms with Crippen LogP contribution in [0.2, 0.25) is 0 Å². The maximum absolute atomic E-state index is 12.7. The molecule has 0 saturated carbocycles. The van der Waals surface area contributed by atoms with E-state index in [9.17, 15) is 17.6 Å². The van der Waals surface area contributed by atoms with Crippen LogP contribution in [0.25, 0.3) is 22.6 Å². The fourth-order valence-electron chi connectivity index (χ4n) is 2.41. The Morgan fingerprint density at radius 3 is 2.54 bits per heavy atom. The van der Waals surface area contributed by atoms with Gasteiger partial charge in [0.05, 0.1) is 4.90 Å². The Balaban J connectivity index is 1.89. The molecule has 1 N–H and O–H groups in total. The highest BCUT2D eigenvalue weighted by molar-refractivity contribution is 7.91. The standard InChI is InChI=1S/C18H13Cl2FN2O4S/c19-17(20)18(24)22-13-5-1-4-12(7-13)16-9-15(23-27-16)11-3-2-6-14(8-11)28(25,26)10-21/h1-9,17H,10H2,(H,22,24). The van der Waals surface area contributed by atoms with Gasteiger partial charge in [-0.15, -0.1) is 0 Å². The van der Waals surface area contributed by atoms with Gasteiger partial charge < -0.3 is 9.84 Å². The number of nitrogens with zero attached hydrogens (tertiary/aromatic N) is 1. The van der Waals surface area contributed by atoms with Gasteiger partial charge in [-0.3, -0.25) is 4.79 Å². The minimum atomic E-state index is -3.99. The molecule has 1 amide bonds. The topological polar surface area (TPSA) is 89.3 Å². The molecule has 10 heteroatoms. The van der Waals surface area contributed by atoms with Crippen molar-refractivity contribution in [1.29, 1.82) is 0 Å². The van der Waals surface area contributed by atoms with Gasteiger partial charge in [0.2, 0.25) is 9.84 Å². The highest BCUT2D eigenvalue weighted by atomic mass is 35.5. The van der Waals surface area contributed by atoms with Gasteiger partial charge in [0, 0.05) is 22.9 Å². The summed E-state index contributed by atoms with van der Waals surface area (Å²) in [5.41, 5.74) is 1.91. The summed E-state index contributed by atoms with van der Waals surface area (Å²) in [4.78, 5) is 10.3. The van der Waals surface area contributed by atoms with E-state index in [0.29, 0.717) is 28.3 Å². The van der Waals surface area contributed by atoms with Crippen molar-refractivity contribution in [1.82, 2.24) is 5.16 Å². The molecule has 0 aliphatic rings. The first kappa shape index (κ1) is 20.3. The van der Waals surface area contributed by atoms with Gasteiger partial charge in [0.15, 0.2) is 16.6 Å². The summed E-state index contributed by atoms with van der Waals surface area (Å²) in [7, 11) is -3.99. The molecule has 0 aliphatic carbocycles. The number of nitrogens with one attached hydrogen (secondary N) is 1. The van der Waals surface area contributed by atoms with E-state index in [1.165, 1.54) is 18.2 Å². The van der Waals surface area contributed by atoms with Crippen LogP contribution in [0, 0.1) is 0 Å². The van der Waals surface area contributed by atoms with Crippen LogP contribution in [0.15, 0.2) is 64.0 Å². The Morgan fingerprint density at radius 2 is 1.82 bits per heavy atom. The number of amides is 1. The van der Waals surface area contributed by atoms with E-state index < -0.39 is 26.6 Å². The van der Waals surface area contributed by atoms with E-state index in [1.807, 2.05) is 0 Å². The fraction of sp³-hybridized carbons (Fsp3) is 0.111. The van der Waals surface area contributed by atoms with Crippen molar-refractivity contribution in [2.75, 3.05) is 11.3 Å². The average molecular weight is 443 g/mol. The number of halogens is 3. The summed E-state index contributed by atoms with van der Waals surface area (Å²) in [6.45, 7) is 0. The van der Waals surface area contributed by atoms with Crippen molar-refractivity contribution in [2.24, 2.45) is 0 Å². The molecule has 0 atom stereocenters. The molecule has 0 unspecified atom stereocenters. The van der Waals surface area contributed by atoms with E-state index in [-0.39, 0.29) is 4.90 Å². The number of benzene rings is 2. The van der Waals surface area contributed by atoms with Crippen molar-refractivity contribution in [3.8, 4) is 22.6 Å². The number of carbonyl (C=O) groups excluding carboxylic acids is 1. The van der Waals surface area contributed by atoms with Gasteiger partial charge >= 0.3 is 0 Å². The van der Waals surface area contributed by atoms with Crippen molar-refractivity contribution < 1.29 is 22.1 Å². The Morgan fingerprint density at radius 1 is 1.11 bits per heavy atom. The van der Waals surface area contributed by atoms with Crippen LogP contribution >= 0.6 is 23.2 Å². The first-order chi connectivity index (χ1) is 13.3. The second-order valence-electron chi connectivity index (χ2n) is 5.70. The Bertz CT molecular complexity index is 1120. The Labute approximate surface area is 170 Å². The van der Waals surface area contributed by atoms with Crippen LogP contribution in [0.1, 0.15) is 0 Å². The van der Waals surface area contributed by atoms with Crippen molar-refractivity contribution in [2.45, 2.75) is 9.73 Å². The second-order valence-corrected chi connectivity index (χ2v) is 8.71. The molecule has 0 bridgehead atoms. The van der Waals surface area contributed by atoms with Crippen molar-refractivity contribution in [3.05, 3.63) is 54.6 Å². The molecule has 0 fully saturated rings. The lowest BCUT2D eigenvalue weighted by Gasteiger charge is -2.06. The number of hydrogen-bond donors (Lipinski definition) is 1. The lowest BCUT2D eigenvalue weighted by atomic mass is 10.1. The van der Waals surface area contributed by atoms with Crippen LogP contribution < -0.4 is 5.32 Å². The zero-order chi connectivity index (χ0) is 20.3. The van der Waals surface area contributed by atoms with Gasteiger partial charge in [0.25, 0.3) is 5.91 Å². The second kappa shape index (κ2) is 8.30. The molecule has 3 aromatic rings. The first-order valence-electron chi connectivity index (χ1n) is 7.85. The van der Waals surface area contributed by atoms with Gasteiger partial charge in [-0.2, -0.15) is 0 Å². The average Bonchev–Trinajstić information content (AvgIpc) is 3.18. The molecule has 0 spiro atoms. The number of alkyl halides is 3. The van der Waals surface area contributed by atoms with E-state index in [4.69, 9.17) is 27.7 Å². The molecule has 3 rings (SSSR count). The number of anilines is 1. The monoisotopic (exact) mass is 442 g/mol. The van der Waals surface area contributed by atoms with Crippen LogP contribution in [0.3, 0.4) is 0 Å². The minimum Gasteiger partial charge on any atom is -0.356 e. The normalized spacial score (nSPS) is 11.6. The van der Waals surface area contributed by atoms with Gasteiger partial charge in [-0.25, -0.2) is 12.8 Å². The third-order valence-corrected chi connectivity index (χ3v) is 5.41. The summed E-state index contributed by atoms with van der Waals surface area (Å²) in [6, 6.07) is 12.6. The number of sulfone groups is 1. The van der Waals surface area contributed by atoms with Crippen LogP contribution in [0.4, 0.5) is 10.1 Å². The predicted octanol–water partition coefficient (Wildman–Crippen LogP) is 4.45. The summed E-state index contributed by atoms with van der Waals surface area (Å²) in [5, 5.41) is 6.49. The summed E-state index contributed by atoms with van der Waals surface area (Å²) in [5.74, 6) is -0.178. The van der Waals surface area contributed by atoms with Crippen LogP contribution in [0.5, 0.6) is 0 Å². The zero-order valence-electron chi connectivity index (χ0n) is 14.1. The van der Waals surface area contributed by atoms with Gasteiger partial charge in [-0.05, 0) is 24.3 Å². The molecule has 28 heavy (non-hydrogen) atoms. The molecular formula is C18H13Cl2FN2O4S. The first-order valence-corrected chi connectivity index (χ1v) is 10.4. The lowest BCUT2D eigenvalue weighted by Crippen LogP contribution is -2.18. The highest BCUT2D eigenvalue weighted by Crippen LogP contribution is 2.29. The molecule has 146 valence electrons. The van der Waals surface area contributed by atoms with Gasteiger partial charge in [0.1, 0.15) is 5.69 Å². The quantitative estimate of drug-likeness (QED) is 0.569.